The number of hydrogen-bond donors (Lipinski definition) is 1. The van der Waals surface area contributed by atoms with Crippen molar-refractivity contribution in [3.05, 3.63) is 0 Å². The third-order valence-electron chi connectivity index (χ3n) is 1.88. The van der Waals surface area contributed by atoms with Crippen molar-refractivity contribution in [2.45, 2.75) is 20.3 Å². The fourth-order valence-electron chi connectivity index (χ4n) is 1.03. The van der Waals surface area contributed by atoms with Crippen molar-refractivity contribution < 1.29 is 0 Å². The molecule has 0 amide bonds. The molecule has 0 bridgehead atoms. The van der Waals surface area contributed by atoms with E-state index in [2.05, 4.69) is 18.7 Å². The molecule has 0 atom stereocenters. The zero-order valence-corrected chi connectivity index (χ0v) is 10.2. The lowest BCUT2D eigenvalue weighted by Gasteiger charge is -2.19. The molecule has 0 aliphatic carbocycles. The molecule has 2 N–H and O–H groups in total. The Balaban J connectivity index is 3.45. The summed E-state index contributed by atoms with van der Waals surface area (Å²) < 4.78 is 0. The fraction of sp³-hybridized carbons (Fsp3) is 0.889. The first-order valence-corrected chi connectivity index (χ1v) is 6.35. The quantitative estimate of drug-likeness (QED) is 0.498. The Morgan fingerprint density at radius 3 is 2.54 bits per heavy atom. The minimum atomic E-state index is 0.626. The number of thioether (sulfide) groups is 1. The lowest BCUT2D eigenvalue weighted by molar-refractivity contribution is 0.316. The van der Waals surface area contributed by atoms with Crippen LogP contribution in [-0.2, 0) is 0 Å². The highest BCUT2D eigenvalue weighted by molar-refractivity contribution is 7.99. The second kappa shape index (κ2) is 8.78. The molecule has 0 aliphatic rings. The molecule has 0 rings (SSSR count). The zero-order chi connectivity index (χ0) is 10.1. The van der Waals surface area contributed by atoms with Gasteiger partial charge < -0.3 is 10.6 Å². The maximum Gasteiger partial charge on any atom is 0.0740 e. The van der Waals surface area contributed by atoms with Crippen LogP contribution in [0.15, 0.2) is 0 Å². The maximum absolute atomic E-state index is 5.45. The van der Waals surface area contributed by atoms with E-state index in [4.69, 9.17) is 18.0 Å². The minimum absolute atomic E-state index is 0.626. The molecule has 0 fully saturated rings. The molecule has 0 aromatic heterocycles. The van der Waals surface area contributed by atoms with Crippen molar-refractivity contribution >= 4 is 29.0 Å². The van der Waals surface area contributed by atoms with Crippen LogP contribution in [0.25, 0.3) is 0 Å². The van der Waals surface area contributed by atoms with Gasteiger partial charge in [-0.2, -0.15) is 11.8 Å². The number of hydrogen-bond acceptors (Lipinski definition) is 3. The summed E-state index contributed by atoms with van der Waals surface area (Å²) >= 11 is 6.82. The Kier molecular flexibility index (Phi) is 8.92. The van der Waals surface area contributed by atoms with E-state index in [-0.39, 0.29) is 0 Å². The van der Waals surface area contributed by atoms with Crippen LogP contribution in [0.1, 0.15) is 20.3 Å². The Hall–Kier alpha value is 0.200. The van der Waals surface area contributed by atoms with Gasteiger partial charge >= 0.3 is 0 Å². The van der Waals surface area contributed by atoms with Gasteiger partial charge in [-0.15, -0.1) is 0 Å². The van der Waals surface area contributed by atoms with Gasteiger partial charge in [0.15, 0.2) is 0 Å². The van der Waals surface area contributed by atoms with Crippen molar-refractivity contribution in [3.8, 4) is 0 Å². The predicted molar refractivity (Wildman–Crippen MR) is 66.5 cm³/mol. The number of nitrogens with two attached hydrogens (primary N) is 1. The normalized spacial score (nSPS) is 10.7. The van der Waals surface area contributed by atoms with Crippen molar-refractivity contribution in [2.75, 3.05) is 31.1 Å². The van der Waals surface area contributed by atoms with Crippen LogP contribution in [0.4, 0.5) is 0 Å². The Morgan fingerprint density at radius 1 is 1.38 bits per heavy atom. The number of rotatable bonds is 8. The van der Waals surface area contributed by atoms with Gasteiger partial charge in [0.05, 0.1) is 4.99 Å². The SMILES string of the molecule is CCSCCN(CC)CCC(N)=S. The van der Waals surface area contributed by atoms with Gasteiger partial charge in [-0.05, 0) is 12.3 Å². The van der Waals surface area contributed by atoms with E-state index in [1.165, 1.54) is 11.5 Å². The molecule has 0 aliphatic heterocycles. The third kappa shape index (κ3) is 8.53. The Labute approximate surface area is 91.2 Å². The average molecular weight is 220 g/mol. The van der Waals surface area contributed by atoms with E-state index >= 15 is 0 Å². The summed E-state index contributed by atoms with van der Waals surface area (Å²) in [7, 11) is 0. The van der Waals surface area contributed by atoms with Crippen LogP contribution in [0.3, 0.4) is 0 Å². The summed E-state index contributed by atoms with van der Waals surface area (Å²) in [5.74, 6) is 2.41. The first-order chi connectivity index (χ1) is 6.20. The second-order valence-electron chi connectivity index (χ2n) is 2.85. The highest BCUT2D eigenvalue weighted by atomic mass is 32.2. The summed E-state index contributed by atoms with van der Waals surface area (Å²) in [6, 6.07) is 0. The van der Waals surface area contributed by atoms with E-state index in [1.807, 2.05) is 11.8 Å². The molecule has 78 valence electrons. The Morgan fingerprint density at radius 2 is 2.08 bits per heavy atom. The average Bonchev–Trinajstić information content (AvgIpc) is 2.10. The molecule has 13 heavy (non-hydrogen) atoms. The minimum Gasteiger partial charge on any atom is -0.393 e. The number of thiocarbonyl (C=S) groups is 1. The van der Waals surface area contributed by atoms with E-state index in [0.29, 0.717) is 4.99 Å². The molecule has 4 heteroatoms. The molecule has 0 aromatic carbocycles. The first-order valence-electron chi connectivity index (χ1n) is 4.79. The van der Waals surface area contributed by atoms with Crippen molar-refractivity contribution in [3.63, 3.8) is 0 Å². The van der Waals surface area contributed by atoms with E-state index < -0.39 is 0 Å². The molecular formula is C9H20N2S2. The monoisotopic (exact) mass is 220 g/mol. The van der Waals surface area contributed by atoms with Gasteiger partial charge in [0.2, 0.25) is 0 Å². The molecule has 0 spiro atoms. The Bertz CT molecular complexity index is 140. The van der Waals surface area contributed by atoms with Gasteiger partial charge in [-0.25, -0.2) is 0 Å². The molecule has 0 saturated heterocycles. The van der Waals surface area contributed by atoms with Crippen LogP contribution in [0.2, 0.25) is 0 Å². The molecule has 0 aromatic rings. The van der Waals surface area contributed by atoms with Crippen LogP contribution in [-0.4, -0.2) is 41.0 Å². The highest BCUT2D eigenvalue weighted by Gasteiger charge is 2.01. The fourth-order valence-corrected chi connectivity index (χ4v) is 1.80. The maximum atomic E-state index is 5.45. The standard InChI is InChI=1S/C9H20N2S2/c1-3-11(6-5-9(10)12)7-8-13-4-2/h3-8H2,1-2H3,(H2,10,12). The molecular weight excluding hydrogens is 200 g/mol. The molecule has 2 nitrogen and oxygen atoms in total. The lowest BCUT2D eigenvalue weighted by Crippen LogP contribution is -2.29. The topological polar surface area (TPSA) is 29.3 Å². The van der Waals surface area contributed by atoms with Crippen LogP contribution >= 0.6 is 24.0 Å². The molecule has 0 unspecified atom stereocenters. The van der Waals surface area contributed by atoms with Crippen LogP contribution in [0, 0.1) is 0 Å². The van der Waals surface area contributed by atoms with Crippen molar-refractivity contribution in [1.82, 2.24) is 4.90 Å². The van der Waals surface area contributed by atoms with Gasteiger partial charge in [-0.3, -0.25) is 0 Å². The van der Waals surface area contributed by atoms with Crippen LogP contribution < -0.4 is 5.73 Å². The van der Waals surface area contributed by atoms with E-state index in [9.17, 15) is 0 Å². The van der Waals surface area contributed by atoms with Gasteiger partial charge in [0.1, 0.15) is 0 Å². The van der Waals surface area contributed by atoms with Crippen molar-refractivity contribution in [1.29, 1.82) is 0 Å². The third-order valence-corrected chi connectivity index (χ3v) is 2.96. The van der Waals surface area contributed by atoms with Crippen LogP contribution in [0.5, 0.6) is 0 Å². The molecule has 0 heterocycles. The summed E-state index contributed by atoms with van der Waals surface area (Å²) in [4.78, 5) is 3.02. The smallest absolute Gasteiger partial charge is 0.0740 e. The predicted octanol–water partition coefficient (Wildman–Crippen LogP) is 1.74. The van der Waals surface area contributed by atoms with E-state index in [0.717, 1.165) is 26.1 Å². The van der Waals surface area contributed by atoms with Gasteiger partial charge in [0.25, 0.3) is 0 Å². The summed E-state index contributed by atoms with van der Waals surface area (Å²) in [6.07, 6.45) is 0.847. The largest absolute Gasteiger partial charge is 0.393 e. The highest BCUT2D eigenvalue weighted by Crippen LogP contribution is 2.00. The molecule has 0 saturated carbocycles. The van der Waals surface area contributed by atoms with E-state index in [1.54, 1.807) is 0 Å². The van der Waals surface area contributed by atoms with Gasteiger partial charge in [0, 0.05) is 25.3 Å². The zero-order valence-electron chi connectivity index (χ0n) is 8.58. The second-order valence-corrected chi connectivity index (χ2v) is 4.77. The first kappa shape index (κ1) is 13.2. The summed E-state index contributed by atoms with van der Waals surface area (Å²) in [5.41, 5.74) is 5.45. The lowest BCUT2D eigenvalue weighted by atomic mass is 10.4. The van der Waals surface area contributed by atoms with Gasteiger partial charge in [-0.1, -0.05) is 26.1 Å². The summed E-state index contributed by atoms with van der Waals surface area (Å²) in [5, 5.41) is 0. The number of nitrogens with zero attached hydrogens (tertiary/aromatic N) is 1. The van der Waals surface area contributed by atoms with Crippen molar-refractivity contribution in [2.24, 2.45) is 5.73 Å². The molecule has 0 radical (unpaired) electrons. The summed E-state index contributed by atoms with van der Waals surface area (Å²) in [6.45, 7) is 7.62.